The molecule has 0 aliphatic carbocycles. The van der Waals surface area contributed by atoms with Crippen molar-refractivity contribution in [3.8, 4) is 0 Å². The summed E-state index contributed by atoms with van der Waals surface area (Å²) in [5.74, 6) is 0.640. The minimum atomic E-state index is -0.123. The minimum absolute atomic E-state index is 0.123. The largest absolute Gasteiger partial charge is 0.337 e. The van der Waals surface area contributed by atoms with Gasteiger partial charge in [0.25, 0.3) is 0 Å². The van der Waals surface area contributed by atoms with Crippen molar-refractivity contribution in [2.24, 2.45) is 0 Å². The molecular formula is C18H13N7OS. The van der Waals surface area contributed by atoms with E-state index >= 15 is 0 Å². The van der Waals surface area contributed by atoms with Crippen LogP contribution in [0.5, 0.6) is 0 Å². The molecular weight excluding hydrogens is 362 g/mol. The van der Waals surface area contributed by atoms with Gasteiger partial charge in [0.2, 0.25) is 0 Å². The molecule has 27 heavy (non-hydrogen) atoms. The third kappa shape index (κ3) is 2.72. The fraction of sp³-hybridized carbons (Fsp3) is 0.111. The number of carbonyl (C=O) groups is 1. The van der Waals surface area contributed by atoms with Crippen molar-refractivity contribution >= 4 is 40.2 Å². The number of anilines is 2. The molecule has 8 nitrogen and oxygen atoms in total. The molecule has 1 aromatic carbocycles. The molecule has 0 saturated carbocycles. The highest BCUT2D eigenvalue weighted by Gasteiger charge is 2.18. The lowest BCUT2D eigenvalue weighted by Gasteiger charge is -2.19. The van der Waals surface area contributed by atoms with Crippen molar-refractivity contribution in [1.29, 1.82) is 0 Å². The maximum atomic E-state index is 11.7. The molecule has 0 saturated heterocycles. The summed E-state index contributed by atoms with van der Waals surface area (Å²) in [5, 5.41) is 4.20. The van der Waals surface area contributed by atoms with Crippen LogP contribution in [-0.2, 0) is 6.54 Å². The number of nitrogens with one attached hydrogen (secondary N) is 1. The van der Waals surface area contributed by atoms with Crippen LogP contribution in [0.2, 0.25) is 0 Å². The van der Waals surface area contributed by atoms with Gasteiger partial charge in [-0.25, -0.2) is 24.9 Å². The predicted octanol–water partition coefficient (Wildman–Crippen LogP) is 3.08. The molecule has 4 aromatic rings. The van der Waals surface area contributed by atoms with Crippen molar-refractivity contribution in [2.45, 2.75) is 23.4 Å². The summed E-state index contributed by atoms with van der Waals surface area (Å²) in [4.78, 5) is 34.2. The molecule has 9 heteroatoms. The zero-order chi connectivity index (χ0) is 18.4. The second kappa shape index (κ2) is 6.13. The Labute approximate surface area is 158 Å². The van der Waals surface area contributed by atoms with Crippen molar-refractivity contribution < 1.29 is 4.79 Å². The first kappa shape index (κ1) is 15.9. The molecule has 0 spiro atoms. The van der Waals surface area contributed by atoms with E-state index in [9.17, 15) is 4.79 Å². The molecule has 0 fully saturated rings. The van der Waals surface area contributed by atoms with Gasteiger partial charge in [-0.2, -0.15) is 0 Å². The number of ketones is 1. The molecule has 3 aromatic heterocycles. The number of benzene rings is 1. The fourth-order valence-corrected chi connectivity index (χ4v) is 3.91. The summed E-state index contributed by atoms with van der Waals surface area (Å²) in [7, 11) is 0. The van der Waals surface area contributed by atoms with Crippen molar-refractivity contribution in [2.75, 3.05) is 5.32 Å². The zero-order valence-electron chi connectivity index (χ0n) is 14.2. The zero-order valence-corrected chi connectivity index (χ0v) is 15.1. The summed E-state index contributed by atoms with van der Waals surface area (Å²) >= 11 is 1.59. The second-order valence-corrected chi connectivity index (χ2v) is 7.12. The first-order valence-corrected chi connectivity index (χ1v) is 9.06. The van der Waals surface area contributed by atoms with E-state index in [4.69, 9.17) is 0 Å². The van der Waals surface area contributed by atoms with Crippen LogP contribution in [0.3, 0.4) is 0 Å². The predicted molar refractivity (Wildman–Crippen MR) is 100 cm³/mol. The number of hydrogen-bond acceptors (Lipinski definition) is 8. The summed E-state index contributed by atoms with van der Waals surface area (Å²) < 4.78 is 1.91. The Kier molecular flexibility index (Phi) is 3.61. The lowest BCUT2D eigenvalue weighted by molar-refractivity contribution is 0.101. The van der Waals surface area contributed by atoms with Crippen LogP contribution in [0.4, 0.5) is 11.5 Å². The molecule has 0 radical (unpaired) electrons. The molecule has 4 heterocycles. The minimum Gasteiger partial charge on any atom is -0.337 e. The first-order chi connectivity index (χ1) is 13.2. The number of Topliss-reactive ketones (excluding diaryl/α,β-unsaturated/α-hetero) is 1. The number of nitrogens with zero attached hydrogens (tertiary/aromatic N) is 6. The summed E-state index contributed by atoms with van der Waals surface area (Å²) in [6.45, 7) is 2.06. The molecule has 0 unspecified atom stereocenters. The first-order valence-electron chi connectivity index (χ1n) is 8.24. The number of carbonyl (C=O) groups excluding carboxylic acids is 1. The number of hydrogen-bond donors (Lipinski definition) is 1. The average Bonchev–Trinajstić information content (AvgIpc) is 3.09. The Morgan fingerprint density at radius 3 is 2.93 bits per heavy atom. The quantitative estimate of drug-likeness (QED) is 0.480. The van der Waals surface area contributed by atoms with Crippen LogP contribution < -0.4 is 5.32 Å². The maximum Gasteiger partial charge on any atom is 0.180 e. The lowest BCUT2D eigenvalue weighted by Crippen LogP contribution is -2.06. The Morgan fingerprint density at radius 1 is 1.15 bits per heavy atom. The Bertz CT molecular complexity index is 1200. The molecule has 0 bridgehead atoms. The van der Waals surface area contributed by atoms with Gasteiger partial charge in [0.05, 0.1) is 18.6 Å². The lowest BCUT2D eigenvalue weighted by atomic mass is 10.2. The summed E-state index contributed by atoms with van der Waals surface area (Å²) in [6, 6.07) is 6.21. The average molecular weight is 375 g/mol. The van der Waals surface area contributed by atoms with Crippen LogP contribution in [0.25, 0.3) is 11.2 Å². The van der Waals surface area contributed by atoms with Gasteiger partial charge in [0, 0.05) is 24.2 Å². The van der Waals surface area contributed by atoms with E-state index in [0.29, 0.717) is 23.4 Å². The van der Waals surface area contributed by atoms with Gasteiger partial charge in [-0.05, 0) is 17.7 Å². The molecule has 1 N–H and O–H groups in total. The molecule has 0 amide bonds. The van der Waals surface area contributed by atoms with Crippen molar-refractivity contribution in [3.05, 3.63) is 54.5 Å². The smallest absolute Gasteiger partial charge is 0.180 e. The monoisotopic (exact) mass is 375 g/mol. The highest BCUT2D eigenvalue weighted by molar-refractivity contribution is 7.99. The third-order valence-electron chi connectivity index (χ3n) is 4.26. The van der Waals surface area contributed by atoms with E-state index in [1.54, 1.807) is 30.5 Å². The van der Waals surface area contributed by atoms with Crippen LogP contribution in [0, 0.1) is 0 Å². The van der Waals surface area contributed by atoms with E-state index in [2.05, 4.69) is 48.4 Å². The molecule has 1 aliphatic heterocycles. The van der Waals surface area contributed by atoms with Crippen molar-refractivity contribution in [1.82, 2.24) is 29.5 Å². The SMILES string of the molecule is CC(=O)c1ncnc2c1ncn2Cc1ccc2c(c1)Nc1nccnc1S2. The van der Waals surface area contributed by atoms with E-state index in [0.717, 1.165) is 27.0 Å². The molecule has 1 aliphatic rings. The van der Waals surface area contributed by atoms with Crippen LogP contribution in [-0.4, -0.2) is 35.3 Å². The number of fused-ring (bicyclic) bond motifs is 3. The Morgan fingerprint density at radius 2 is 2.04 bits per heavy atom. The van der Waals surface area contributed by atoms with E-state index in [-0.39, 0.29) is 5.78 Å². The molecule has 0 atom stereocenters. The Balaban J connectivity index is 1.49. The Hall–Kier alpha value is -3.33. The van der Waals surface area contributed by atoms with Crippen LogP contribution in [0.15, 0.2) is 53.2 Å². The van der Waals surface area contributed by atoms with E-state index in [1.807, 2.05) is 4.57 Å². The van der Waals surface area contributed by atoms with Gasteiger partial charge in [0.15, 0.2) is 17.2 Å². The van der Waals surface area contributed by atoms with Crippen molar-refractivity contribution in [3.63, 3.8) is 0 Å². The van der Waals surface area contributed by atoms with Gasteiger partial charge in [-0.3, -0.25) is 4.79 Å². The van der Waals surface area contributed by atoms with Crippen LogP contribution >= 0.6 is 11.8 Å². The van der Waals surface area contributed by atoms with E-state index < -0.39 is 0 Å². The van der Waals surface area contributed by atoms with E-state index in [1.165, 1.54) is 13.3 Å². The summed E-state index contributed by atoms with van der Waals surface area (Å²) in [6.07, 6.45) is 6.45. The van der Waals surface area contributed by atoms with Gasteiger partial charge in [-0.1, -0.05) is 17.8 Å². The molecule has 132 valence electrons. The summed E-state index contributed by atoms with van der Waals surface area (Å²) in [5.41, 5.74) is 3.59. The van der Waals surface area contributed by atoms with Gasteiger partial charge >= 0.3 is 0 Å². The normalized spacial score (nSPS) is 12.3. The number of aromatic nitrogens is 6. The maximum absolute atomic E-state index is 11.7. The van der Waals surface area contributed by atoms with Crippen LogP contribution in [0.1, 0.15) is 23.0 Å². The number of imidazole rings is 1. The highest BCUT2D eigenvalue weighted by Crippen LogP contribution is 2.42. The third-order valence-corrected chi connectivity index (χ3v) is 5.32. The van der Waals surface area contributed by atoms with Gasteiger partial charge in [-0.15, -0.1) is 0 Å². The number of rotatable bonds is 3. The topological polar surface area (TPSA) is 98.5 Å². The second-order valence-electron chi connectivity index (χ2n) is 6.09. The molecule has 5 rings (SSSR count). The van der Waals surface area contributed by atoms with Gasteiger partial charge < -0.3 is 9.88 Å². The fourth-order valence-electron chi connectivity index (χ4n) is 3.03. The standard InChI is InChI=1S/C18H13N7OS/c1-10(26)14-15-17(22-8-21-14)25(9-23-15)7-11-2-3-13-12(6-11)24-16-18(27-13)20-5-4-19-16/h2-6,8-9H,7H2,1H3,(H,19,24). The highest BCUT2D eigenvalue weighted by atomic mass is 32.2. The van der Waals surface area contributed by atoms with Gasteiger partial charge in [0.1, 0.15) is 22.6 Å².